The summed E-state index contributed by atoms with van der Waals surface area (Å²) in [5, 5.41) is 10.3. The van der Waals surface area contributed by atoms with E-state index in [0.717, 1.165) is 49.6 Å². The van der Waals surface area contributed by atoms with E-state index >= 15 is 0 Å². The molecule has 0 radical (unpaired) electrons. The predicted molar refractivity (Wildman–Crippen MR) is 82.6 cm³/mol. The van der Waals surface area contributed by atoms with Gasteiger partial charge in [0.15, 0.2) is 0 Å². The van der Waals surface area contributed by atoms with Gasteiger partial charge in [0.2, 0.25) is 0 Å². The lowest BCUT2D eigenvalue weighted by atomic mass is 10.0. The number of hydrogen-bond donors (Lipinski definition) is 1. The largest absolute Gasteiger partial charge is 0.490 e. The third-order valence-corrected chi connectivity index (χ3v) is 4.08. The number of fused-ring (bicyclic) bond motifs is 1. The van der Waals surface area contributed by atoms with Crippen molar-refractivity contribution in [2.24, 2.45) is 0 Å². The monoisotopic (exact) mass is 278 g/mol. The summed E-state index contributed by atoms with van der Waals surface area (Å²) < 4.78 is 5.69. The molecule has 2 rings (SSSR count). The second-order valence-electron chi connectivity index (χ2n) is 5.33. The number of rotatable bonds is 6. The fourth-order valence-electron chi connectivity index (χ4n) is 2.59. The highest BCUT2D eigenvalue weighted by Crippen LogP contribution is 2.33. The van der Waals surface area contributed by atoms with Crippen LogP contribution in [0.1, 0.15) is 31.9 Å². The Bertz CT molecular complexity index is 432. The molecule has 4 nitrogen and oxygen atoms in total. The molecular formula is C16H26N2O2. The van der Waals surface area contributed by atoms with Crippen LogP contribution in [0, 0.1) is 0 Å². The number of likely N-dealkylation sites (N-methyl/N-ethyl adjacent to an activating group) is 1. The molecule has 112 valence electrons. The zero-order chi connectivity index (χ0) is 14.5. The van der Waals surface area contributed by atoms with Crippen molar-refractivity contribution in [1.29, 1.82) is 0 Å². The lowest BCUT2D eigenvalue weighted by molar-refractivity contribution is 0.145. The molecule has 0 aliphatic carbocycles. The minimum Gasteiger partial charge on any atom is -0.490 e. The molecule has 1 aliphatic rings. The van der Waals surface area contributed by atoms with Crippen LogP contribution >= 0.6 is 0 Å². The van der Waals surface area contributed by atoms with Crippen molar-refractivity contribution >= 4 is 5.69 Å². The molecule has 0 saturated heterocycles. The summed E-state index contributed by atoms with van der Waals surface area (Å²) in [6.07, 6.45) is 0.341. The van der Waals surface area contributed by atoms with E-state index in [1.807, 2.05) is 18.2 Å². The maximum Gasteiger partial charge on any atom is 0.143 e. The van der Waals surface area contributed by atoms with Crippen LogP contribution in [-0.2, 0) is 0 Å². The lowest BCUT2D eigenvalue weighted by Crippen LogP contribution is -2.29. The van der Waals surface area contributed by atoms with E-state index in [4.69, 9.17) is 4.74 Å². The van der Waals surface area contributed by atoms with Crippen molar-refractivity contribution in [3.63, 3.8) is 0 Å². The van der Waals surface area contributed by atoms with E-state index in [2.05, 4.69) is 30.7 Å². The minimum atomic E-state index is -0.420. The van der Waals surface area contributed by atoms with E-state index in [-0.39, 0.29) is 0 Å². The molecule has 0 fully saturated rings. The highest BCUT2D eigenvalue weighted by atomic mass is 16.5. The summed E-state index contributed by atoms with van der Waals surface area (Å²) in [4.78, 5) is 4.51. The molecule has 1 unspecified atom stereocenters. The van der Waals surface area contributed by atoms with Gasteiger partial charge in [-0.1, -0.05) is 19.9 Å². The maximum atomic E-state index is 10.3. The Morgan fingerprint density at radius 2 is 2.10 bits per heavy atom. The number of hydrogen-bond acceptors (Lipinski definition) is 4. The molecule has 0 saturated carbocycles. The average Bonchev–Trinajstić information content (AvgIpc) is 2.48. The van der Waals surface area contributed by atoms with Crippen molar-refractivity contribution < 1.29 is 9.84 Å². The average molecular weight is 278 g/mol. The van der Waals surface area contributed by atoms with Crippen LogP contribution in [0.4, 0.5) is 5.69 Å². The van der Waals surface area contributed by atoms with E-state index in [0.29, 0.717) is 6.61 Å². The second kappa shape index (κ2) is 6.95. The molecule has 0 bridgehead atoms. The van der Waals surface area contributed by atoms with Gasteiger partial charge in [-0.05, 0) is 37.2 Å². The van der Waals surface area contributed by atoms with Gasteiger partial charge in [0.1, 0.15) is 12.4 Å². The van der Waals surface area contributed by atoms with Crippen LogP contribution < -0.4 is 9.64 Å². The number of ether oxygens (including phenoxy) is 1. The van der Waals surface area contributed by atoms with E-state index in [1.54, 1.807) is 0 Å². The number of aliphatic hydroxyl groups excluding tert-OH is 1. The van der Waals surface area contributed by atoms with Crippen molar-refractivity contribution in [3.8, 4) is 5.75 Å². The summed E-state index contributed by atoms with van der Waals surface area (Å²) in [5.74, 6) is 0.887. The molecular weight excluding hydrogens is 252 g/mol. The fourth-order valence-corrected chi connectivity index (χ4v) is 2.59. The van der Waals surface area contributed by atoms with E-state index in [9.17, 15) is 5.11 Å². The highest BCUT2D eigenvalue weighted by molar-refractivity contribution is 5.60. The van der Waals surface area contributed by atoms with Gasteiger partial charge in [0, 0.05) is 13.6 Å². The van der Waals surface area contributed by atoms with Gasteiger partial charge in [0.25, 0.3) is 0 Å². The van der Waals surface area contributed by atoms with Crippen LogP contribution in [0.5, 0.6) is 5.75 Å². The van der Waals surface area contributed by atoms with E-state index < -0.39 is 6.10 Å². The molecule has 4 heteroatoms. The quantitative estimate of drug-likeness (QED) is 0.866. The number of anilines is 1. The van der Waals surface area contributed by atoms with Crippen LogP contribution in [-0.4, -0.2) is 49.8 Å². The summed E-state index contributed by atoms with van der Waals surface area (Å²) in [6, 6.07) is 6.04. The summed E-state index contributed by atoms with van der Waals surface area (Å²) >= 11 is 0. The molecule has 1 N–H and O–H groups in total. The topological polar surface area (TPSA) is 35.9 Å². The molecule has 20 heavy (non-hydrogen) atoms. The zero-order valence-corrected chi connectivity index (χ0v) is 12.8. The maximum absolute atomic E-state index is 10.3. The third-order valence-electron chi connectivity index (χ3n) is 4.08. The van der Waals surface area contributed by atoms with Gasteiger partial charge < -0.3 is 19.6 Å². The Hall–Kier alpha value is -1.26. The second-order valence-corrected chi connectivity index (χ2v) is 5.33. The zero-order valence-electron chi connectivity index (χ0n) is 12.8. The van der Waals surface area contributed by atoms with Crippen LogP contribution in [0.25, 0.3) is 0 Å². The predicted octanol–water partition coefficient (Wildman–Crippen LogP) is 2.28. The van der Waals surface area contributed by atoms with Gasteiger partial charge in [-0.3, -0.25) is 0 Å². The number of nitrogens with zero attached hydrogens (tertiary/aromatic N) is 2. The molecule has 1 atom stereocenters. The van der Waals surface area contributed by atoms with Crippen molar-refractivity contribution in [2.45, 2.75) is 26.4 Å². The molecule has 0 spiro atoms. The van der Waals surface area contributed by atoms with Crippen LogP contribution in [0.15, 0.2) is 18.2 Å². The van der Waals surface area contributed by atoms with E-state index in [1.165, 1.54) is 0 Å². The molecule has 0 aromatic heterocycles. The van der Waals surface area contributed by atoms with Crippen molar-refractivity contribution in [3.05, 3.63) is 23.8 Å². The smallest absolute Gasteiger partial charge is 0.143 e. The molecule has 0 amide bonds. The Kier molecular flexibility index (Phi) is 5.26. The highest BCUT2D eigenvalue weighted by Gasteiger charge is 2.17. The van der Waals surface area contributed by atoms with Crippen LogP contribution in [0.3, 0.4) is 0 Å². The summed E-state index contributed by atoms with van der Waals surface area (Å²) in [6.45, 7) is 8.91. The van der Waals surface area contributed by atoms with Gasteiger partial charge in [-0.25, -0.2) is 0 Å². The Labute approximate surface area is 122 Å². The van der Waals surface area contributed by atoms with Gasteiger partial charge in [-0.2, -0.15) is 0 Å². The summed E-state index contributed by atoms with van der Waals surface area (Å²) in [7, 11) is 2.07. The SMILES string of the molecule is CCN(CC)CCC(O)c1ccc2c(c1)OCCN2C. The van der Waals surface area contributed by atoms with Gasteiger partial charge >= 0.3 is 0 Å². The standard InChI is InChI=1S/C16H26N2O2/c1-4-18(5-2)9-8-15(19)13-6-7-14-16(12-13)20-11-10-17(14)3/h6-7,12,15,19H,4-5,8-11H2,1-3H3. The number of benzene rings is 1. The third kappa shape index (κ3) is 3.44. The first-order valence-corrected chi connectivity index (χ1v) is 7.54. The van der Waals surface area contributed by atoms with Crippen molar-refractivity contribution in [1.82, 2.24) is 4.90 Å². The fraction of sp³-hybridized carbons (Fsp3) is 0.625. The van der Waals surface area contributed by atoms with Gasteiger partial charge in [0.05, 0.1) is 18.3 Å². The molecule has 1 aromatic rings. The Balaban J connectivity index is 2.02. The lowest BCUT2D eigenvalue weighted by Gasteiger charge is -2.28. The van der Waals surface area contributed by atoms with Crippen LogP contribution in [0.2, 0.25) is 0 Å². The molecule has 1 aromatic carbocycles. The first kappa shape index (κ1) is 15.1. The molecule has 1 heterocycles. The molecule has 1 aliphatic heterocycles. The van der Waals surface area contributed by atoms with Gasteiger partial charge in [-0.15, -0.1) is 0 Å². The minimum absolute atomic E-state index is 0.420. The Morgan fingerprint density at radius 1 is 1.35 bits per heavy atom. The normalized spacial score (nSPS) is 15.9. The first-order valence-electron chi connectivity index (χ1n) is 7.54. The Morgan fingerprint density at radius 3 is 2.80 bits per heavy atom. The number of aliphatic hydroxyl groups is 1. The van der Waals surface area contributed by atoms with Crippen molar-refractivity contribution in [2.75, 3.05) is 44.7 Å². The summed E-state index contributed by atoms with van der Waals surface area (Å²) in [5.41, 5.74) is 2.06. The first-order chi connectivity index (χ1) is 9.65.